The molecule has 0 aliphatic carbocycles. The number of nitriles is 1. The van der Waals surface area contributed by atoms with Gasteiger partial charge in [-0.25, -0.2) is 14.1 Å². The maximum atomic E-state index is 14.2. The summed E-state index contributed by atoms with van der Waals surface area (Å²) >= 11 is 0. The number of carbonyl (C=O) groups is 1. The Morgan fingerprint density at radius 2 is 1.98 bits per heavy atom. The van der Waals surface area contributed by atoms with Gasteiger partial charge in [0.15, 0.2) is 5.82 Å². The van der Waals surface area contributed by atoms with Crippen molar-refractivity contribution in [1.82, 2.24) is 19.7 Å². The number of nitrogens with zero attached hydrogens (tertiary/aromatic N) is 4. The Labute approximate surface area is 242 Å². The van der Waals surface area contributed by atoms with Crippen molar-refractivity contribution < 1.29 is 38.5 Å². The number of benzene rings is 1. The number of aliphatic hydroxyl groups excluding tert-OH is 2. The van der Waals surface area contributed by atoms with Gasteiger partial charge < -0.3 is 30.3 Å². The lowest BCUT2D eigenvalue weighted by Gasteiger charge is -2.33. The quantitative estimate of drug-likeness (QED) is 0.178. The molecule has 4 rings (SSSR count). The lowest BCUT2D eigenvalue weighted by Crippen LogP contribution is -2.50. The minimum Gasteiger partial charge on any atom is -0.480 e. The van der Waals surface area contributed by atoms with Gasteiger partial charge in [-0.15, -0.1) is 0 Å². The van der Waals surface area contributed by atoms with Crippen molar-refractivity contribution in [3.63, 3.8) is 0 Å². The van der Waals surface area contributed by atoms with Crippen molar-refractivity contribution in [2.45, 2.75) is 69.5 Å². The third-order valence-corrected chi connectivity index (χ3v) is 9.28. The predicted molar refractivity (Wildman–Crippen MR) is 150 cm³/mol. The third kappa shape index (κ3) is 5.98. The van der Waals surface area contributed by atoms with E-state index in [0.29, 0.717) is 18.4 Å². The lowest BCUT2D eigenvalue weighted by molar-refractivity contribution is -0.144. The molecule has 226 valence electrons. The molecule has 1 aromatic carbocycles. The molecule has 0 amide bonds. The molecule has 1 fully saturated rings. The van der Waals surface area contributed by atoms with E-state index >= 15 is 0 Å². The molecule has 0 spiro atoms. The Hall–Kier alpha value is -3.57. The fraction of sp³-hybridized carbons (Fsp3) is 0.481. The van der Waals surface area contributed by atoms with E-state index < -0.39 is 49.8 Å². The number of nitrogen functional groups attached to an aromatic ring is 1. The van der Waals surface area contributed by atoms with E-state index in [1.807, 2.05) is 19.9 Å². The first-order chi connectivity index (χ1) is 19.9. The van der Waals surface area contributed by atoms with Crippen LogP contribution in [0.15, 0.2) is 48.8 Å². The summed E-state index contributed by atoms with van der Waals surface area (Å²) in [5.41, 5.74) is 2.51. The van der Waals surface area contributed by atoms with E-state index in [-0.39, 0.29) is 29.6 Å². The van der Waals surface area contributed by atoms with Crippen LogP contribution in [0.5, 0.6) is 5.75 Å². The van der Waals surface area contributed by atoms with Gasteiger partial charge in [0, 0.05) is 0 Å². The number of nitrogens with one attached hydrogen (secondary N) is 1. The van der Waals surface area contributed by atoms with Crippen molar-refractivity contribution in [2.24, 2.45) is 5.92 Å². The number of nitrogens with two attached hydrogens (primary N) is 1. The second-order valence-electron chi connectivity index (χ2n) is 10.4. The van der Waals surface area contributed by atoms with E-state index in [1.54, 1.807) is 18.2 Å². The van der Waals surface area contributed by atoms with E-state index in [0.717, 1.165) is 0 Å². The highest BCUT2D eigenvalue weighted by Crippen LogP contribution is 2.49. The van der Waals surface area contributed by atoms with Gasteiger partial charge in [0.25, 0.3) is 0 Å². The number of hydrogen-bond acceptors (Lipinski definition) is 11. The van der Waals surface area contributed by atoms with Gasteiger partial charge in [0.2, 0.25) is 5.60 Å². The molecule has 6 atom stereocenters. The Morgan fingerprint density at radius 3 is 2.60 bits per heavy atom. The average molecular weight is 603 g/mol. The highest BCUT2D eigenvalue weighted by Gasteiger charge is 2.58. The molecule has 14 nitrogen and oxygen atoms in total. The number of rotatable bonds is 13. The minimum absolute atomic E-state index is 0.00451. The van der Waals surface area contributed by atoms with Gasteiger partial charge in [-0.2, -0.15) is 15.4 Å². The summed E-state index contributed by atoms with van der Waals surface area (Å²) in [6.45, 7) is 4.63. The Morgan fingerprint density at radius 1 is 1.29 bits per heavy atom. The van der Waals surface area contributed by atoms with Crippen LogP contribution in [0.4, 0.5) is 5.82 Å². The van der Waals surface area contributed by atoms with Crippen LogP contribution in [0.25, 0.3) is 5.52 Å². The highest BCUT2D eigenvalue weighted by atomic mass is 31.2. The summed E-state index contributed by atoms with van der Waals surface area (Å²) < 4.78 is 32.7. The number of carboxylic acids is 1. The maximum Gasteiger partial charge on any atom is 0.459 e. The van der Waals surface area contributed by atoms with Crippen LogP contribution in [0.2, 0.25) is 0 Å². The highest BCUT2D eigenvalue weighted by molar-refractivity contribution is 7.52. The van der Waals surface area contributed by atoms with Gasteiger partial charge in [-0.1, -0.05) is 44.9 Å². The number of aliphatic carboxylic acids is 1. The topological polar surface area (TPSA) is 215 Å². The summed E-state index contributed by atoms with van der Waals surface area (Å²) in [4.78, 5) is 16.3. The number of aromatic nitrogens is 3. The molecule has 3 aromatic rings. The zero-order valence-electron chi connectivity index (χ0n) is 23.5. The lowest BCUT2D eigenvalue weighted by atomic mass is 9.87. The molecule has 3 heterocycles. The zero-order valence-corrected chi connectivity index (χ0v) is 24.3. The number of aliphatic hydroxyl groups is 2. The minimum atomic E-state index is -4.48. The summed E-state index contributed by atoms with van der Waals surface area (Å²) in [6, 6.07) is 13.0. The predicted octanol–water partition coefficient (Wildman–Crippen LogP) is 2.61. The van der Waals surface area contributed by atoms with E-state index in [2.05, 4.69) is 15.2 Å². The van der Waals surface area contributed by atoms with Crippen molar-refractivity contribution in [3.8, 4) is 11.8 Å². The molecule has 0 radical (unpaired) electrons. The fourth-order valence-electron chi connectivity index (χ4n) is 5.06. The molecule has 15 heteroatoms. The summed E-state index contributed by atoms with van der Waals surface area (Å²) in [6.07, 6.45) is -2.12. The molecular formula is C27H35N6O8P. The smallest absolute Gasteiger partial charge is 0.459 e. The first-order valence-electron chi connectivity index (χ1n) is 13.5. The van der Waals surface area contributed by atoms with Crippen molar-refractivity contribution >= 4 is 25.1 Å². The van der Waals surface area contributed by atoms with Crippen LogP contribution in [-0.4, -0.2) is 66.3 Å². The maximum absolute atomic E-state index is 14.2. The number of hydrogen-bond donors (Lipinski definition) is 5. The molecule has 1 unspecified atom stereocenters. The third-order valence-electron chi connectivity index (χ3n) is 7.57. The number of carboxylic acid groups (broad SMARTS) is 1. The van der Waals surface area contributed by atoms with Crippen molar-refractivity contribution in [1.29, 1.82) is 5.26 Å². The second-order valence-corrected chi connectivity index (χ2v) is 12.1. The number of anilines is 1. The van der Waals surface area contributed by atoms with Gasteiger partial charge in [0.1, 0.15) is 47.5 Å². The average Bonchev–Trinajstić information content (AvgIpc) is 3.51. The van der Waals surface area contributed by atoms with E-state index in [9.17, 15) is 29.9 Å². The van der Waals surface area contributed by atoms with E-state index in [4.69, 9.17) is 19.5 Å². The molecule has 6 N–H and O–H groups in total. The SMILES string of the molecule is CCC(CC)CC(C)(N[P@@](=O)(OC[C@H]1O[C@@](C#N)(c2ccc3c(N)ncnn23)[C@H](O)[C@@H]1O)Oc1ccccc1)C(=O)O. The molecule has 1 saturated heterocycles. The van der Waals surface area contributed by atoms with Crippen LogP contribution >= 0.6 is 7.75 Å². The molecule has 1 aliphatic heterocycles. The fourth-order valence-corrected chi connectivity index (χ4v) is 6.76. The molecular weight excluding hydrogens is 567 g/mol. The van der Waals surface area contributed by atoms with Crippen LogP contribution < -0.4 is 15.3 Å². The standard InChI is InChI=1S/C27H35N6O8P/c1-4-17(5-2)13-26(3,25(36)37)32-42(38,41-18-9-7-6-8-10-18)39-14-20-22(34)23(35)27(15-28,40-20)21-12-11-19-24(29)30-16-31-33(19)21/h6-12,16-17,20,22-23,34-35H,4-5,13-14H2,1-3H3,(H,32,38)(H,36,37)(H2,29,30,31)/t20-,22-,23-,26?,27+,42-/m1/s1. The molecule has 0 saturated carbocycles. The summed E-state index contributed by atoms with van der Waals surface area (Å²) in [7, 11) is -4.48. The number of ether oxygens (including phenoxy) is 1. The van der Waals surface area contributed by atoms with Gasteiger partial charge in [-0.05, 0) is 43.5 Å². The van der Waals surface area contributed by atoms with Crippen LogP contribution in [0.1, 0.15) is 45.7 Å². The van der Waals surface area contributed by atoms with E-state index in [1.165, 1.54) is 42.0 Å². The summed E-state index contributed by atoms with van der Waals surface area (Å²) in [5.74, 6) is -0.991. The largest absolute Gasteiger partial charge is 0.480 e. The Kier molecular flexibility index (Phi) is 9.22. The number of para-hydroxylation sites is 1. The number of fused-ring (bicyclic) bond motifs is 1. The molecule has 0 bridgehead atoms. The van der Waals surface area contributed by atoms with Crippen LogP contribution in [-0.2, 0) is 24.2 Å². The molecule has 2 aromatic heterocycles. The van der Waals surface area contributed by atoms with Gasteiger partial charge >= 0.3 is 13.7 Å². The monoisotopic (exact) mass is 602 g/mol. The molecule has 1 aliphatic rings. The second kappa shape index (κ2) is 12.3. The Bertz CT molecular complexity index is 1490. The first kappa shape index (κ1) is 31.4. The van der Waals surface area contributed by atoms with Gasteiger partial charge in [0.05, 0.1) is 12.3 Å². The van der Waals surface area contributed by atoms with Gasteiger partial charge in [-0.3, -0.25) is 9.32 Å². The normalized spacial score (nSPS) is 25.1. The van der Waals surface area contributed by atoms with Crippen LogP contribution in [0, 0.1) is 17.2 Å². The van der Waals surface area contributed by atoms with Crippen molar-refractivity contribution in [2.75, 3.05) is 12.3 Å². The summed E-state index contributed by atoms with van der Waals surface area (Å²) in [5, 5.41) is 48.9. The molecule has 42 heavy (non-hydrogen) atoms. The first-order valence-corrected chi connectivity index (χ1v) is 15.0. The van der Waals surface area contributed by atoms with Crippen LogP contribution in [0.3, 0.4) is 0 Å². The zero-order chi connectivity index (χ0) is 30.7. The Balaban J connectivity index is 1.63. The van der Waals surface area contributed by atoms with Crippen molar-refractivity contribution in [3.05, 3.63) is 54.5 Å².